The van der Waals surface area contributed by atoms with Crippen LogP contribution in [0.3, 0.4) is 0 Å². The summed E-state index contributed by atoms with van der Waals surface area (Å²) in [6, 6.07) is 0. The standard InChI is InChI=1S/C17H28BrN7O.HI/c1-19-16(20-10-13-4-5-23(2)12-13)24-6-8-25(9-7-24)17-21-11-14(18)15(22-17)26-3;/h11,13H,4-10,12H2,1-3H3,(H,19,20);1H. The van der Waals surface area contributed by atoms with E-state index in [9.17, 15) is 0 Å². The Morgan fingerprint density at radius 2 is 2.07 bits per heavy atom. The quantitative estimate of drug-likeness (QED) is 0.344. The molecule has 0 saturated carbocycles. The lowest BCUT2D eigenvalue weighted by atomic mass is 10.1. The summed E-state index contributed by atoms with van der Waals surface area (Å²) in [5.74, 6) is 2.98. The van der Waals surface area contributed by atoms with E-state index >= 15 is 0 Å². The minimum atomic E-state index is 0. The van der Waals surface area contributed by atoms with Crippen LogP contribution in [0.2, 0.25) is 0 Å². The number of methoxy groups -OCH3 is 1. The predicted octanol–water partition coefficient (Wildman–Crippen LogP) is 1.51. The van der Waals surface area contributed by atoms with Gasteiger partial charge < -0.3 is 24.8 Å². The van der Waals surface area contributed by atoms with E-state index in [1.54, 1.807) is 13.3 Å². The smallest absolute Gasteiger partial charge is 0.232 e. The molecule has 152 valence electrons. The zero-order valence-corrected chi connectivity index (χ0v) is 20.1. The average molecular weight is 554 g/mol. The van der Waals surface area contributed by atoms with Gasteiger partial charge in [-0.15, -0.1) is 24.0 Å². The van der Waals surface area contributed by atoms with Crippen LogP contribution in [0.4, 0.5) is 5.95 Å². The van der Waals surface area contributed by atoms with Gasteiger partial charge in [0, 0.05) is 46.3 Å². The van der Waals surface area contributed by atoms with Crippen molar-refractivity contribution < 1.29 is 4.74 Å². The van der Waals surface area contributed by atoms with Crippen LogP contribution in [0.1, 0.15) is 6.42 Å². The number of likely N-dealkylation sites (tertiary alicyclic amines) is 1. The Bertz CT molecular complexity index is 640. The predicted molar refractivity (Wildman–Crippen MR) is 122 cm³/mol. The van der Waals surface area contributed by atoms with Gasteiger partial charge in [-0.3, -0.25) is 4.99 Å². The first-order chi connectivity index (χ1) is 12.6. The van der Waals surface area contributed by atoms with Crippen LogP contribution in [0.25, 0.3) is 0 Å². The molecule has 0 aliphatic carbocycles. The second-order valence-corrected chi connectivity index (χ2v) is 7.70. The van der Waals surface area contributed by atoms with Gasteiger partial charge in [0.05, 0.1) is 17.8 Å². The SMILES string of the molecule is CN=C(NCC1CCN(C)C1)N1CCN(c2ncc(Br)c(OC)n2)CC1.I. The van der Waals surface area contributed by atoms with Gasteiger partial charge >= 0.3 is 0 Å². The molecule has 0 bridgehead atoms. The third-order valence-electron chi connectivity index (χ3n) is 5.00. The van der Waals surface area contributed by atoms with Crippen LogP contribution in [0, 0.1) is 5.92 Å². The molecule has 0 aromatic carbocycles. The molecule has 27 heavy (non-hydrogen) atoms. The van der Waals surface area contributed by atoms with Gasteiger partial charge in [-0.25, -0.2) is 4.98 Å². The molecule has 10 heteroatoms. The maximum Gasteiger partial charge on any atom is 0.232 e. The lowest BCUT2D eigenvalue weighted by Crippen LogP contribution is -2.53. The van der Waals surface area contributed by atoms with Gasteiger partial charge in [-0.05, 0) is 41.9 Å². The van der Waals surface area contributed by atoms with Gasteiger partial charge in [-0.2, -0.15) is 4.98 Å². The van der Waals surface area contributed by atoms with Crippen molar-refractivity contribution in [1.82, 2.24) is 25.1 Å². The Morgan fingerprint density at radius 1 is 1.33 bits per heavy atom. The Balaban J connectivity index is 0.00000261. The maximum absolute atomic E-state index is 5.27. The van der Waals surface area contributed by atoms with Gasteiger partial charge in [0.2, 0.25) is 11.8 Å². The van der Waals surface area contributed by atoms with Crippen molar-refractivity contribution in [2.24, 2.45) is 10.9 Å². The fraction of sp³-hybridized carbons (Fsp3) is 0.706. The molecule has 0 amide bonds. The third-order valence-corrected chi connectivity index (χ3v) is 5.55. The van der Waals surface area contributed by atoms with E-state index in [0.717, 1.165) is 43.2 Å². The van der Waals surface area contributed by atoms with Crippen LogP contribution in [0.5, 0.6) is 5.88 Å². The second kappa shape index (κ2) is 10.6. The number of nitrogens with one attached hydrogen (secondary N) is 1. The minimum absolute atomic E-state index is 0. The number of rotatable bonds is 4. The summed E-state index contributed by atoms with van der Waals surface area (Å²) in [6.45, 7) is 6.86. The molecule has 2 aliphatic rings. The molecule has 1 aromatic heterocycles. The number of hydrogen-bond acceptors (Lipinski definition) is 6. The number of ether oxygens (including phenoxy) is 1. The lowest BCUT2D eigenvalue weighted by molar-refractivity contribution is 0.359. The highest BCUT2D eigenvalue weighted by atomic mass is 127. The number of guanidine groups is 1. The van der Waals surface area contributed by atoms with Gasteiger partial charge in [0.25, 0.3) is 0 Å². The minimum Gasteiger partial charge on any atom is -0.480 e. The Morgan fingerprint density at radius 3 is 2.67 bits per heavy atom. The average Bonchev–Trinajstić information content (AvgIpc) is 3.08. The van der Waals surface area contributed by atoms with Crippen molar-refractivity contribution >= 4 is 51.8 Å². The zero-order valence-electron chi connectivity index (χ0n) is 16.2. The van der Waals surface area contributed by atoms with Gasteiger partial charge in [0.1, 0.15) is 0 Å². The van der Waals surface area contributed by atoms with Crippen molar-refractivity contribution in [3.8, 4) is 5.88 Å². The molecule has 0 spiro atoms. The van der Waals surface area contributed by atoms with E-state index in [2.05, 4.69) is 58.0 Å². The fourth-order valence-electron chi connectivity index (χ4n) is 3.52. The summed E-state index contributed by atoms with van der Waals surface area (Å²) in [5, 5.41) is 3.56. The molecule has 3 heterocycles. The number of hydrogen-bond donors (Lipinski definition) is 1. The summed E-state index contributed by atoms with van der Waals surface area (Å²) in [7, 11) is 5.66. The van der Waals surface area contributed by atoms with Crippen molar-refractivity contribution in [2.45, 2.75) is 6.42 Å². The lowest BCUT2D eigenvalue weighted by Gasteiger charge is -2.36. The van der Waals surface area contributed by atoms with Crippen molar-refractivity contribution in [1.29, 1.82) is 0 Å². The van der Waals surface area contributed by atoms with E-state index in [-0.39, 0.29) is 24.0 Å². The largest absolute Gasteiger partial charge is 0.480 e. The fourth-order valence-corrected chi connectivity index (χ4v) is 3.87. The Labute approximate surface area is 186 Å². The first-order valence-corrected chi connectivity index (χ1v) is 9.85. The van der Waals surface area contributed by atoms with Crippen LogP contribution in [-0.2, 0) is 0 Å². The summed E-state index contributed by atoms with van der Waals surface area (Å²) in [5.41, 5.74) is 0. The van der Waals surface area contributed by atoms with E-state index in [4.69, 9.17) is 4.74 Å². The van der Waals surface area contributed by atoms with Crippen LogP contribution >= 0.6 is 39.9 Å². The summed E-state index contributed by atoms with van der Waals surface area (Å²) in [6.07, 6.45) is 3.00. The summed E-state index contributed by atoms with van der Waals surface area (Å²) >= 11 is 3.40. The van der Waals surface area contributed by atoms with E-state index in [1.807, 2.05) is 7.05 Å². The molecule has 2 fully saturated rings. The first-order valence-electron chi connectivity index (χ1n) is 9.06. The van der Waals surface area contributed by atoms with Crippen molar-refractivity contribution in [2.75, 3.05) is 71.9 Å². The highest BCUT2D eigenvalue weighted by Crippen LogP contribution is 2.24. The maximum atomic E-state index is 5.27. The topological polar surface area (TPSA) is 69.1 Å². The van der Waals surface area contributed by atoms with Crippen LogP contribution in [-0.4, -0.2) is 92.7 Å². The molecular formula is C17H29BrIN7O. The Kier molecular flexibility index (Phi) is 8.80. The molecule has 3 rings (SSSR count). The molecular weight excluding hydrogens is 525 g/mol. The van der Waals surface area contributed by atoms with Crippen LogP contribution in [0.15, 0.2) is 15.7 Å². The molecule has 0 radical (unpaired) electrons. The Hall–Kier alpha value is -0.880. The summed E-state index contributed by atoms with van der Waals surface area (Å²) in [4.78, 5) is 20.2. The summed E-state index contributed by atoms with van der Waals surface area (Å²) < 4.78 is 6.04. The van der Waals surface area contributed by atoms with E-state index in [0.29, 0.717) is 17.7 Å². The molecule has 1 atom stereocenters. The van der Waals surface area contributed by atoms with E-state index in [1.165, 1.54) is 19.5 Å². The first kappa shape index (κ1) is 22.4. The normalized spacial score (nSPS) is 21.2. The van der Waals surface area contributed by atoms with Crippen LogP contribution < -0.4 is 15.0 Å². The van der Waals surface area contributed by atoms with E-state index < -0.39 is 0 Å². The van der Waals surface area contributed by atoms with Gasteiger partial charge in [-0.1, -0.05) is 0 Å². The molecule has 1 unspecified atom stereocenters. The highest BCUT2D eigenvalue weighted by Gasteiger charge is 2.24. The van der Waals surface area contributed by atoms with Crippen molar-refractivity contribution in [3.63, 3.8) is 0 Å². The third kappa shape index (κ3) is 5.80. The number of aliphatic imine (C=N–C) groups is 1. The monoisotopic (exact) mass is 553 g/mol. The number of anilines is 1. The number of piperazine rings is 1. The zero-order chi connectivity index (χ0) is 18.5. The highest BCUT2D eigenvalue weighted by molar-refractivity contribution is 14.0. The number of halogens is 2. The number of nitrogens with zero attached hydrogens (tertiary/aromatic N) is 6. The van der Waals surface area contributed by atoms with Crippen molar-refractivity contribution in [3.05, 3.63) is 10.7 Å². The molecule has 1 N–H and O–H groups in total. The second-order valence-electron chi connectivity index (χ2n) is 6.85. The number of aromatic nitrogens is 2. The van der Waals surface area contributed by atoms with Gasteiger partial charge in [0.15, 0.2) is 5.96 Å². The molecule has 2 saturated heterocycles. The molecule has 8 nitrogen and oxygen atoms in total. The molecule has 2 aliphatic heterocycles. The molecule has 1 aromatic rings.